The molecule has 2 N–H and O–H groups in total. The second-order valence-electron chi connectivity index (χ2n) is 8.47. The van der Waals surface area contributed by atoms with Gasteiger partial charge in [0.2, 0.25) is 0 Å². The summed E-state index contributed by atoms with van der Waals surface area (Å²) in [5.41, 5.74) is 0. The van der Waals surface area contributed by atoms with E-state index >= 15 is 0 Å². The first-order chi connectivity index (χ1) is 13.2. The summed E-state index contributed by atoms with van der Waals surface area (Å²) in [6.07, 6.45) is 5.83. The van der Waals surface area contributed by atoms with Crippen LogP contribution in [0.2, 0.25) is 0 Å². The predicted octanol–water partition coefficient (Wildman–Crippen LogP) is 2.97. The van der Waals surface area contributed by atoms with Gasteiger partial charge in [-0.15, -0.1) is 24.0 Å². The van der Waals surface area contributed by atoms with Crippen molar-refractivity contribution >= 4 is 29.9 Å². The van der Waals surface area contributed by atoms with Crippen molar-refractivity contribution < 1.29 is 9.47 Å². The molecule has 2 unspecified atom stereocenters. The summed E-state index contributed by atoms with van der Waals surface area (Å²) >= 11 is 0. The summed E-state index contributed by atoms with van der Waals surface area (Å²) in [5.74, 6) is 3.27. The van der Waals surface area contributed by atoms with Crippen molar-refractivity contribution in [3.05, 3.63) is 0 Å². The summed E-state index contributed by atoms with van der Waals surface area (Å²) in [5, 5.41) is 6.82. The predicted molar refractivity (Wildman–Crippen MR) is 128 cm³/mol. The normalized spacial score (nSPS) is 24.6. The third-order valence-corrected chi connectivity index (χ3v) is 5.56. The first-order valence-corrected chi connectivity index (χ1v) is 11.0. The quantitative estimate of drug-likeness (QED) is 0.205. The number of hydrogen-bond acceptors (Lipinski definition) is 4. The van der Waals surface area contributed by atoms with Gasteiger partial charge < -0.3 is 25.0 Å². The van der Waals surface area contributed by atoms with Crippen molar-refractivity contribution in [2.75, 3.05) is 66.2 Å². The molecule has 0 spiro atoms. The van der Waals surface area contributed by atoms with Crippen LogP contribution in [0.3, 0.4) is 0 Å². The highest BCUT2D eigenvalue weighted by Gasteiger charge is 2.21. The number of piperidine rings is 1. The molecular formula is C21H43IN4O2. The fourth-order valence-corrected chi connectivity index (χ4v) is 4.25. The maximum Gasteiger partial charge on any atom is 0.190 e. The van der Waals surface area contributed by atoms with Gasteiger partial charge in [-0.2, -0.15) is 0 Å². The van der Waals surface area contributed by atoms with Crippen LogP contribution in [0, 0.1) is 17.8 Å². The summed E-state index contributed by atoms with van der Waals surface area (Å²) in [6.45, 7) is 13.8. The SMILES string of the molecule is CN=C(NCCCOCC1CCOCC1)NCCCN1CC(C)CC(C)C1.I. The highest BCUT2D eigenvalue weighted by atomic mass is 127. The molecule has 0 aromatic rings. The van der Waals surface area contributed by atoms with E-state index < -0.39 is 0 Å². The lowest BCUT2D eigenvalue weighted by atomic mass is 9.92. The van der Waals surface area contributed by atoms with E-state index in [1.54, 1.807) is 0 Å². The molecule has 2 rings (SSSR count). The van der Waals surface area contributed by atoms with Crippen LogP contribution >= 0.6 is 24.0 Å². The fraction of sp³-hybridized carbons (Fsp3) is 0.952. The van der Waals surface area contributed by atoms with E-state index in [1.807, 2.05) is 7.05 Å². The van der Waals surface area contributed by atoms with Gasteiger partial charge in [-0.25, -0.2) is 0 Å². The number of halogens is 1. The molecule has 166 valence electrons. The minimum atomic E-state index is 0. The molecule has 6 nitrogen and oxygen atoms in total. The van der Waals surface area contributed by atoms with Crippen molar-refractivity contribution in [2.24, 2.45) is 22.7 Å². The third kappa shape index (κ3) is 11.2. The molecule has 0 radical (unpaired) electrons. The Morgan fingerprint density at radius 1 is 1.07 bits per heavy atom. The molecule has 0 saturated carbocycles. The van der Waals surface area contributed by atoms with E-state index in [4.69, 9.17) is 9.47 Å². The van der Waals surface area contributed by atoms with Crippen molar-refractivity contribution in [1.29, 1.82) is 0 Å². The highest BCUT2D eigenvalue weighted by Crippen LogP contribution is 2.20. The monoisotopic (exact) mass is 510 g/mol. The van der Waals surface area contributed by atoms with Crippen LogP contribution in [-0.2, 0) is 9.47 Å². The standard InChI is InChI=1S/C21H42N4O2.HI/c1-18-14-19(2)16-25(15-18)10-4-8-23-21(22-3)24-9-5-11-27-17-20-6-12-26-13-7-20;/h18-20H,4-17H2,1-3H3,(H2,22,23,24);1H. The van der Waals surface area contributed by atoms with Gasteiger partial charge in [-0.1, -0.05) is 13.8 Å². The van der Waals surface area contributed by atoms with Crippen LogP contribution in [0.1, 0.15) is 46.0 Å². The summed E-state index contributed by atoms with van der Waals surface area (Å²) in [6, 6.07) is 0. The number of likely N-dealkylation sites (tertiary alicyclic amines) is 1. The van der Waals surface area contributed by atoms with Crippen molar-refractivity contribution in [3.63, 3.8) is 0 Å². The Morgan fingerprint density at radius 3 is 2.36 bits per heavy atom. The maximum absolute atomic E-state index is 5.81. The summed E-state index contributed by atoms with van der Waals surface area (Å²) in [4.78, 5) is 6.93. The first kappa shape index (κ1) is 25.9. The van der Waals surface area contributed by atoms with Gasteiger partial charge in [-0.05, 0) is 56.4 Å². The molecule has 0 bridgehead atoms. The van der Waals surface area contributed by atoms with Crippen LogP contribution in [0.25, 0.3) is 0 Å². The number of rotatable bonds is 10. The molecule has 2 aliphatic rings. The molecule has 0 amide bonds. The van der Waals surface area contributed by atoms with Gasteiger partial charge in [0, 0.05) is 59.7 Å². The van der Waals surface area contributed by atoms with Crippen LogP contribution in [0.5, 0.6) is 0 Å². The second kappa shape index (κ2) is 15.7. The number of nitrogens with one attached hydrogen (secondary N) is 2. The Bertz CT molecular complexity index is 409. The molecule has 7 heteroatoms. The highest BCUT2D eigenvalue weighted by molar-refractivity contribution is 14.0. The second-order valence-corrected chi connectivity index (χ2v) is 8.47. The third-order valence-electron chi connectivity index (χ3n) is 5.56. The zero-order chi connectivity index (χ0) is 19.3. The number of aliphatic imine (C=N–C) groups is 1. The average molecular weight is 511 g/mol. The molecule has 2 fully saturated rings. The molecule has 2 saturated heterocycles. The van der Waals surface area contributed by atoms with E-state index in [-0.39, 0.29) is 24.0 Å². The molecule has 2 atom stereocenters. The van der Waals surface area contributed by atoms with Crippen LogP contribution in [-0.4, -0.2) is 77.1 Å². The van der Waals surface area contributed by atoms with E-state index in [0.29, 0.717) is 5.92 Å². The van der Waals surface area contributed by atoms with Crippen LogP contribution < -0.4 is 10.6 Å². The molecule has 0 aromatic heterocycles. The Balaban J connectivity index is 0.00000392. The largest absolute Gasteiger partial charge is 0.381 e. The van der Waals surface area contributed by atoms with Gasteiger partial charge >= 0.3 is 0 Å². The average Bonchev–Trinajstić information content (AvgIpc) is 2.66. The lowest BCUT2D eigenvalue weighted by Crippen LogP contribution is -2.42. The maximum atomic E-state index is 5.81. The van der Waals surface area contributed by atoms with Gasteiger partial charge in [0.25, 0.3) is 0 Å². The molecule has 28 heavy (non-hydrogen) atoms. The Hall–Kier alpha value is -0.120. The Kier molecular flexibility index (Phi) is 14.5. The zero-order valence-corrected chi connectivity index (χ0v) is 20.6. The van der Waals surface area contributed by atoms with Gasteiger partial charge in [0.15, 0.2) is 5.96 Å². The number of ether oxygens (including phenoxy) is 2. The van der Waals surface area contributed by atoms with E-state index in [9.17, 15) is 0 Å². The van der Waals surface area contributed by atoms with Gasteiger partial charge in [-0.3, -0.25) is 4.99 Å². The molecule has 2 aliphatic heterocycles. The fourth-order valence-electron chi connectivity index (χ4n) is 4.25. The zero-order valence-electron chi connectivity index (χ0n) is 18.3. The first-order valence-electron chi connectivity index (χ1n) is 11.0. The molecule has 0 aromatic carbocycles. The van der Waals surface area contributed by atoms with Crippen molar-refractivity contribution in [3.8, 4) is 0 Å². The molecule has 0 aliphatic carbocycles. The smallest absolute Gasteiger partial charge is 0.190 e. The van der Waals surface area contributed by atoms with E-state index in [0.717, 1.165) is 83.0 Å². The van der Waals surface area contributed by atoms with Gasteiger partial charge in [0.1, 0.15) is 0 Å². The molecular weight excluding hydrogens is 467 g/mol. The van der Waals surface area contributed by atoms with E-state index in [1.165, 1.54) is 26.1 Å². The summed E-state index contributed by atoms with van der Waals surface area (Å²) in [7, 11) is 1.84. The Morgan fingerprint density at radius 2 is 1.71 bits per heavy atom. The van der Waals surface area contributed by atoms with Gasteiger partial charge in [0.05, 0.1) is 0 Å². The minimum Gasteiger partial charge on any atom is -0.381 e. The summed E-state index contributed by atoms with van der Waals surface area (Å²) < 4.78 is 11.2. The number of guanidine groups is 1. The molecule has 2 heterocycles. The number of nitrogens with zero attached hydrogens (tertiary/aromatic N) is 2. The van der Waals surface area contributed by atoms with Crippen LogP contribution in [0.4, 0.5) is 0 Å². The van der Waals surface area contributed by atoms with Crippen LogP contribution in [0.15, 0.2) is 4.99 Å². The lowest BCUT2D eigenvalue weighted by Gasteiger charge is -2.35. The van der Waals surface area contributed by atoms with Crippen molar-refractivity contribution in [2.45, 2.75) is 46.0 Å². The number of hydrogen-bond donors (Lipinski definition) is 2. The van der Waals surface area contributed by atoms with E-state index in [2.05, 4.69) is 34.4 Å². The topological polar surface area (TPSA) is 58.1 Å². The lowest BCUT2D eigenvalue weighted by molar-refractivity contribution is 0.0203. The van der Waals surface area contributed by atoms with Crippen molar-refractivity contribution in [1.82, 2.24) is 15.5 Å². The minimum absolute atomic E-state index is 0. The Labute approximate surface area is 189 Å².